The van der Waals surface area contributed by atoms with Crippen molar-refractivity contribution in [3.05, 3.63) is 57.0 Å². The molecule has 1 N–H and O–H groups in total. The van der Waals surface area contributed by atoms with Crippen molar-refractivity contribution in [1.82, 2.24) is 10.2 Å². The van der Waals surface area contributed by atoms with E-state index in [1.165, 1.54) is 0 Å². The summed E-state index contributed by atoms with van der Waals surface area (Å²) in [7, 11) is 1.66. The zero-order valence-electron chi connectivity index (χ0n) is 16.8. The summed E-state index contributed by atoms with van der Waals surface area (Å²) in [6, 6.07) is 11.6. The second-order valence-electron chi connectivity index (χ2n) is 6.92. The van der Waals surface area contributed by atoms with Gasteiger partial charge in [-0.3, -0.25) is 4.90 Å². The summed E-state index contributed by atoms with van der Waals surface area (Å²) in [6.07, 6.45) is 1.09. The smallest absolute Gasteiger partial charge is 0.167 e. The molecule has 2 aromatic rings. The fraction of sp³-hybridized carbons (Fsp3) is 0.455. The molecule has 2 aromatic carbocycles. The van der Waals surface area contributed by atoms with E-state index >= 15 is 0 Å². The second kappa shape index (κ2) is 11.8. The predicted octanol–water partition coefficient (Wildman–Crippen LogP) is 4.50. The van der Waals surface area contributed by atoms with Crippen molar-refractivity contribution < 1.29 is 14.2 Å². The average molecular weight is 484 g/mol. The Labute approximate surface area is 186 Å². The molecule has 29 heavy (non-hydrogen) atoms. The first-order chi connectivity index (χ1) is 14.2. The second-order valence-corrected chi connectivity index (χ2v) is 8.18. The van der Waals surface area contributed by atoms with Gasteiger partial charge >= 0.3 is 0 Å². The number of rotatable bonds is 10. The zero-order valence-corrected chi connectivity index (χ0v) is 19.1. The Hall–Kier alpha value is -1.31. The monoisotopic (exact) mass is 482 g/mol. The molecule has 1 fully saturated rings. The molecule has 1 aliphatic rings. The van der Waals surface area contributed by atoms with Crippen molar-refractivity contribution in [2.75, 3.05) is 46.5 Å². The van der Waals surface area contributed by atoms with E-state index in [2.05, 4.69) is 26.1 Å². The lowest BCUT2D eigenvalue weighted by Gasteiger charge is -2.26. The van der Waals surface area contributed by atoms with E-state index < -0.39 is 0 Å². The first-order valence-corrected chi connectivity index (χ1v) is 11.1. The normalized spacial score (nSPS) is 14.7. The highest BCUT2D eigenvalue weighted by Crippen LogP contribution is 2.37. The molecule has 0 aromatic heterocycles. The Morgan fingerprint density at radius 1 is 1.17 bits per heavy atom. The largest absolute Gasteiger partial charge is 0.493 e. The van der Waals surface area contributed by atoms with Gasteiger partial charge in [-0.2, -0.15) is 0 Å². The van der Waals surface area contributed by atoms with Crippen LogP contribution in [0.15, 0.2) is 40.9 Å². The summed E-state index contributed by atoms with van der Waals surface area (Å²) in [6.45, 7) is 6.85. The van der Waals surface area contributed by atoms with Crippen molar-refractivity contribution in [2.24, 2.45) is 0 Å². The van der Waals surface area contributed by atoms with Gasteiger partial charge in [-0.15, -0.1) is 0 Å². The minimum atomic E-state index is 0.385. The number of ether oxygens (including phenoxy) is 3. The van der Waals surface area contributed by atoms with Crippen LogP contribution in [0.25, 0.3) is 0 Å². The van der Waals surface area contributed by atoms with Crippen LogP contribution in [0.2, 0.25) is 5.02 Å². The maximum atomic E-state index is 6.27. The van der Waals surface area contributed by atoms with Crippen LogP contribution in [0.5, 0.6) is 11.5 Å². The van der Waals surface area contributed by atoms with Crippen LogP contribution in [0.3, 0.4) is 0 Å². The van der Waals surface area contributed by atoms with E-state index in [0.29, 0.717) is 23.9 Å². The van der Waals surface area contributed by atoms with Gasteiger partial charge in [0.2, 0.25) is 0 Å². The minimum Gasteiger partial charge on any atom is -0.493 e. The predicted molar refractivity (Wildman–Crippen MR) is 120 cm³/mol. The Morgan fingerprint density at radius 3 is 2.72 bits per heavy atom. The SMILES string of the molecule is COc1ccc(Br)c(CNCCCN2CCOCC2)c1OCc1ccccc1Cl. The van der Waals surface area contributed by atoms with Crippen molar-refractivity contribution in [1.29, 1.82) is 0 Å². The van der Waals surface area contributed by atoms with E-state index in [1.807, 2.05) is 36.4 Å². The van der Waals surface area contributed by atoms with Crippen LogP contribution in [0.1, 0.15) is 17.5 Å². The van der Waals surface area contributed by atoms with E-state index in [-0.39, 0.29) is 0 Å². The van der Waals surface area contributed by atoms with Crippen molar-refractivity contribution in [2.45, 2.75) is 19.6 Å². The van der Waals surface area contributed by atoms with Crippen LogP contribution in [-0.2, 0) is 17.9 Å². The summed E-state index contributed by atoms with van der Waals surface area (Å²) in [4.78, 5) is 2.45. The number of hydrogen-bond acceptors (Lipinski definition) is 5. The average Bonchev–Trinajstić information content (AvgIpc) is 2.75. The summed E-state index contributed by atoms with van der Waals surface area (Å²) >= 11 is 9.93. The molecule has 5 nitrogen and oxygen atoms in total. The number of benzene rings is 2. The molecular formula is C22H28BrClN2O3. The number of hydrogen-bond donors (Lipinski definition) is 1. The summed E-state index contributed by atoms with van der Waals surface area (Å²) in [5, 5.41) is 4.23. The lowest BCUT2D eigenvalue weighted by Crippen LogP contribution is -2.37. The minimum absolute atomic E-state index is 0.385. The first kappa shape index (κ1) is 22.4. The third kappa shape index (κ3) is 6.59. The quantitative estimate of drug-likeness (QED) is 0.504. The highest BCUT2D eigenvalue weighted by Gasteiger charge is 2.15. The molecule has 0 saturated carbocycles. The number of nitrogens with one attached hydrogen (secondary N) is 1. The first-order valence-electron chi connectivity index (χ1n) is 9.91. The highest BCUT2D eigenvalue weighted by molar-refractivity contribution is 9.10. The van der Waals surface area contributed by atoms with Gasteiger partial charge in [-0.1, -0.05) is 45.7 Å². The molecule has 0 radical (unpaired) electrons. The fourth-order valence-corrected chi connectivity index (χ4v) is 3.94. The lowest BCUT2D eigenvalue weighted by molar-refractivity contribution is 0.0374. The van der Waals surface area contributed by atoms with Gasteiger partial charge in [0.25, 0.3) is 0 Å². The zero-order chi connectivity index (χ0) is 20.5. The molecule has 0 aliphatic carbocycles. The summed E-state index contributed by atoms with van der Waals surface area (Å²) < 4.78 is 18.1. The molecule has 158 valence electrons. The molecule has 0 spiro atoms. The Balaban J connectivity index is 1.58. The highest BCUT2D eigenvalue weighted by atomic mass is 79.9. The van der Waals surface area contributed by atoms with Crippen molar-refractivity contribution >= 4 is 27.5 Å². The molecular weight excluding hydrogens is 456 g/mol. The van der Waals surface area contributed by atoms with E-state index in [9.17, 15) is 0 Å². The number of halogens is 2. The van der Waals surface area contributed by atoms with Gasteiger partial charge in [0.1, 0.15) is 6.61 Å². The standard InChI is InChI=1S/C22H28BrClN2O3/c1-27-21-8-7-19(23)18(15-25-9-4-10-26-11-13-28-14-12-26)22(21)29-16-17-5-2-3-6-20(17)24/h2-3,5-8,25H,4,9-16H2,1H3. The number of nitrogens with zero attached hydrogens (tertiary/aromatic N) is 1. The maximum Gasteiger partial charge on any atom is 0.167 e. The van der Waals surface area contributed by atoms with Gasteiger partial charge in [-0.25, -0.2) is 0 Å². The molecule has 3 rings (SSSR count). The lowest BCUT2D eigenvalue weighted by atomic mass is 10.1. The van der Waals surface area contributed by atoms with Gasteiger partial charge < -0.3 is 19.5 Å². The molecule has 1 aliphatic heterocycles. The summed E-state index contributed by atoms with van der Waals surface area (Å²) in [5.41, 5.74) is 1.99. The van der Waals surface area contributed by atoms with Gasteiger partial charge in [-0.05, 0) is 37.7 Å². The van der Waals surface area contributed by atoms with Crippen LogP contribution in [0, 0.1) is 0 Å². The molecule has 0 amide bonds. The molecule has 1 heterocycles. The molecule has 0 bridgehead atoms. The number of methoxy groups -OCH3 is 1. The third-order valence-corrected chi connectivity index (χ3v) is 6.06. The van der Waals surface area contributed by atoms with Gasteiger partial charge in [0, 0.05) is 40.3 Å². The van der Waals surface area contributed by atoms with Gasteiger partial charge in [0.05, 0.1) is 20.3 Å². The van der Waals surface area contributed by atoms with Gasteiger partial charge in [0.15, 0.2) is 11.5 Å². The topological polar surface area (TPSA) is 43.0 Å². The van der Waals surface area contributed by atoms with Crippen LogP contribution >= 0.6 is 27.5 Å². The molecule has 0 unspecified atom stereocenters. The van der Waals surface area contributed by atoms with Crippen molar-refractivity contribution in [3.63, 3.8) is 0 Å². The Kier molecular flexibility index (Phi) is 9.08. The van der Waals surface area contributed by atoms with E-state index in [0.717, 1.165) is 67.2 Å². The Morgan fingerprint density at radius 2 is 1.97 bits per heavy atom. The van der Waals surface area contributed by atoms with Crippen LogP contribution in [-0.4, -0.2) is 51.4 Å². The van der Waals surface area contributed by atoms with E-state index in [1.54, 1.807) is 7.11 Å². The van der Waals surface area contributed by atoms with E-state index in [4.69, 9.17) is 25.8 Å². The third-order valence-electron chi connectivity index (χ3n) is 4.95. The molecule has 0 atom stereocenters. The van der Waals surface area contributed by atoms with Crippen molar-refractivity contribution in [3.8, 4) is 11.5 Å². The number of morpholine rings is 1. The van der Waals surface area contributed by atoms with Crippen LogP contribution in [0.4, 0.5) is 0 Å². The fourth-order valence-electron chi connectivity index (χ4n) is 3.30. The summed E-state index contributed by atoms with van der Waals surface area (Å²) in [5.74, 6) is 1.45. The molecule has 7 heteroatoms. The Bertz CT molecular complexity index is 785. The maximum absolute atomic E-state index is 6.27. The molecule has 1 saturated heterocycles. The van der Waals surface area contributed by atoms with Crippen LogP contribution < -0.4 is 14.8 Å².